The molecule has 0 saturated carbocycles. The number of nitrogens with one attached hydrogen (secondary N) is 1. The third kappa shape index (κ3) is 2.96. The van der Waals surface area contributed by atoms with Crippen LogP contribution in [0.5, 0.6) is 0 Å². The van der Waals surface area contributed by atoms with Crippen LogP contribution in [0.2, 0.25) is 0 Å². The summed E-state index contributed by atoms with van der Waals surface area (Å²) in [5.74, 6) is 2.34. The van der Waals surface area contributed by atoms with Crippen molar-refractivity contribution in [2.75, 3.05) is 16.8 Å². The second-order valence-corrected chi connectivity index (χ2v) is 9.45. The maximum atomic E-state index is 12.6. The molecule has 1 amide bonds. The van der Waals surface area contributed by atoms with Crippen molar-refractivity contribution in [2.45, 2.75) is 11.5 Å². The molecule has 1 fully saturated rings. The summed E-state index contributed by atoms with van der Waals surface area (Å²) < 4.78 is 2.32. The number of thiophene rings is 1. The maximum absolute atomic E-state index is 12.6. The van der Waals surface area contributed by atoms with Gasteiger partial charge in [0.05, 0.1) is 15.2 Å². The van der Waals surface area contributed by atoms with Crippen LogP contribution in [-0.4, -0.2) is 27.2 Å². The van der Waals surface area contributed by atoms with Gasteiger partial charge in [0.25, 0.3) is 5.91 Å². The Balaban J connectivity index is 1.56. The largest absolute Gasteiger partial charge is 0.321 e. The van der Waals surface area contributed by atoms with E-state index >= 15 is 0 Å². The number of thioether (sulfide) groups is 2. The van der Waals surface area contributed by atoms with Gasteiger partial charge in [0.2, 0.25) is 0 Å². The van der Waals surface area contributed by atoms with Gasteiger partial charge in [-0.25, -0.2) is 0 Å². The Labute approximate surface area is 153 Å². The van der Waals surface area contributed by atoms with Crippen molar-refractivity contribution >= 4 is 56.7 Å². The number of amides is 1. The first-order valence-corrected chi connectivity index (χ1v) is 10.6. The normalized spacial score (nSPS) is 15.2. The smallest absolute Gasteiger partial charge is 0.265 e. The third-order valence-electron chi connectivity index (χ3n) is 3.96. The van der Waals surface area contributed by atoms with Crippen LogP contribution in [0.25, 0.3) is 10.2 Å². The fraction of sp³-hybridized carbons (Fsp3) is 0.294. The highest BCUT2D eigenvalue weighted by atomic mass is 32.2. The van der Waals surface area contributed by atoms with Gasteiger partial charge in [-0.05, 0) is 30.7 Å². The van der Waals surface area contributed by atoms with Crippen molar-refractivity contribution in [3.63, 3.8) is 0 Å². The van der Waals surface area contributed by atoms with E-state index in [-0.39, 0.29) is 5.91 Å². The fourth-order valence-corrected chi connectivity index (χ4v) is 6.68. The summed E-state index contributed by atoms with van der Waals surface area (Å²) in [6.45, 7) is 1.97. The molecule has 7 heteroatoms. The Bertz CT molecular complexity index is 875. The van der Waals surface area contributed by atoms with Crippen LogP contribution < -0.4 is 5.32 Å². The molecule has 0 atom stereocenters. The molecule has 1 N–H and O–H groups in total. The number of rotatable bonds is 3. The maximum Gasteiger partial charge on any atom is 0.265 e. The minimum atomic E-state index is -0.0560. The van der Waals surface area contributed by atoms with Crippen molar-refractivity contribution in [2.24, 2.45) is 7.05 Å². The van der Waals surface area contributed by atoms with Crippen molar-refractivity contribution < 1.29 is 4.79 Å². The van der Waals surface area contributed by atoms with Crippen LogP contribution >= 0.6 is 34.9 Å². The monoisotopic (exact) mass is 375 g/mol. The van der Waals surface area contributed by atoms with E-state index in [2.05, 4.69) is 22.5 Å². The molecule has 2 aromatic heterocycles. The molecule has 1 saturated heterocycles. The van der Waals surface area contributed by atoms with E-state index in [0.29, 0.717) is 4.58 Å². The summed E-state index contributed by atoms with van der Waals surface area (Å²) in [4.78, 5) is 14.3. The summed E-state index contributed by atoms with van der Waals surface area (Å²) in [6, 6.07) is 10.1. The lowest BCUT2D eigenvalue weighted by Crippen LogP contribution is -2.10. The summed E-state index contributed by atoms with van der Waals surface area (Å²) in [6.07, 6.45) is 0. The van der Waals surface area contributed by atoms with Gasteiger partial charge in [-0.2, -0.15) is 5.10 Å². The van der Waals surface area contributed by atoms with Gasteiger partial charge >= 0.3 is 0 Å². The Hall–Kier alpha value is -1.44. The van der Waals surface area contributed by atoms with Crippen molar-refractivity contribution in [1.29, 1.82) is 0 Å². The Morgan fingerprint density at radius 3 is 2.83 bits per heavy atom. The van der Waals surface area contributed by atoms with E-state index in [4.69, 9.17) is 0 Å². The molecule has 1 aromatic carbocycles. The molecule has 0 spiro atoms. The summed E-state index contributed by atoms with van der Waals surface area (Å²) >= 11 is 5.42. The van der Waals surface area contributed by atoms with Crippen LogP contribution in [0.3, 0.4) is 0 Å². The van der Waals surface area contributed by atoms with E-state index in [0.717, 1.165) is 26.5 Å². The zero-order valence-electron chi connectivity index (χ0n) is 13.4. The average molecular weight is 376 g/mol. The number of hydrogen-bond donors (Lipinski definition) is 1. The molecule has 124 valence electrons. The molecule has 0 aliphatic carbocycles. The number of carbonyl (C=O) groups is 1. The first-order valence-electron chi connectivity index (χ1n) is 7.69. The molecule has 3 heterocycles. The van der Waals surface area contributed by atoms with E-state index in [1.54, 1.807) is 0 Å². The average Bonchev–Trinajstić information content (AvgIpc) is 3.28. The predicted molar refractivity (Wildman–Crippen MR) is 105 cm³/mol. The second kappa shape index (κ2) is 6.46. The summed E-state index contributed by atoms with van der Waals surface area (Å²) in [5, 5.41) is 8.47. The molecule has 1 aliphatic heterocycles. The molecule has 4 rings (SSSR count). The molecule has 0 bridgehead atoms. The molecule has 0 unspecified atom stereocenters. The van der Waals surface area contributed by atoms with Crippen LogP contribution in [0.4, 0.5) is 5.69 Å². The van der Waals surface area contributed by atoms with Crippen LogP contribution in [0.1, 0.15) is 25.5 Å². The van der Waals surface area contributed by atoms with Crippen molar-refractivity contribution in [3.05, 3.63) is 46.5 Å². The number of benzene rings is 1. The molecule has 24 heavy (non-hydrogen) atoms. The van der Waals surface area contributed by atoms with Crippen molar-refractivity contribution in [3.8, 4) is 0 Å². The molecule has 1 aliphatic rings. The minimum Gasteiger partial charge on any atom is -0.321 e. The summed E-state index contributed by atoms with van der Waals surface area (Å²) in [5.41, 5.74) is 3.09. The van der Waals surface area contributed by atoms with Crippen molar-refractivity contribution in [1.82, 2.24) is 9.78 Å². The minimum absolute atomic E-state index is 0.0560. The number of aryl methyl sites for hydroxylation is 2. The van der Waals surface area contributed by atoms with Gasteiger partial charge in [0, 0.05) is 29.6 Å². The van der Waals surface area contributed by atoms with E-state index in [1.165, 1.54) is 28.4 Å². The van der Waals surface area contributed by atoms with Gasteiger partial charge in [-0.3, -0.25) is 9.48 Å². The fourth-order valence-electron chi connectivity index (χ4n) is 2.82. The second-order valence-electron chi connectivity index (χ2n) is 5.69. The topological polar surface area (TPSA) is 46.9 Å². The lowest BCUT2D eigenvalue weighted by Gasteiger charge is -2.10. The van der Waals surface area contributed by atoms with Gasteiger partial charge in [0.1, 0.15) is 4.83 Å². The van der Waals surface area contributed by atoms with Crippen LogP contribution in [0, 0.1) is 6.92 Å². The zero-order valence-corrected chi connectivity index (χ0v) is 15.9. The zero-order chi connectivity index (χ0) is 16.7. The first kappa shape index (κ1) is 16.1. The van der Waals surface area contributed by atoms with Gasteiger partial charge in [-0.1, -0.05) is 12.1 Å². The highest BCUT2D eigenvalue weighted by molar-refractivity contribution is 8.19. The van der Waals surface area contributed by atoms with Crippen LogP contribution in [0.15, 0.2) is 30.3 Å². The summed E-state index contributed by atoms with van der Waals surface area (Å²) in [7, 11) is 1.91. The predicted octanol–water partition coefficient (Wildman–Crippen LogP) is 4.67. The highest BCUT2D eigenvalue weighted by Crippen LogP contribution is 2.45. The Morgan fingerprint density at radius 2 is 2.08 bits per heavy atom. The van der Waals surface area contributed by atoms with E-state index < -0.39 is 0 Å². The Morgan fingerprint density at radius 1 is 1.29 bits per heavy atom. The molecular formula is C17H17N3OS3. The molecular weight excluding hydrogens is 358 g/mol. The standard InChI is InChI=1S/C17H17N3OS3/c1-10-13-9-14(24-16(13)20(2)19-10)15(21)18-12-5-3-4-11(8-12)17-22-6-7-23-17/h3-5,8-9,17H,6-7H2,1-2H3,(H,18,21). The lowest BCUT2D eigenvalue weighted by atomic mass is 10.2. The number of anilines is 1. The quantitative estimate of drug-likeness (QED) is 0.722. The number of hydrogen-bond acceptors (Lipinski definition) is 5. The van der Waals surface area contributed by atoms with Crippen LogP contribution in [-0.2, 0) is 7.05 Å². The van der Waals surface area contributed by atoms with Gasteiger partial charge in [-0.15, -0.1) is 34.9 Å². The highest BCUT2D eigenvalue weighted by Gasteiger charge is 2.19. The molecule has 0 radical (unpaired) electrons. The number of carbonyl (C=O) groups excluding carboxylic acids is 1. The number of nitrogens with zero attached hydrogens (tertiary/aromatic N) is 2. The van der Waals surface area contributed by atoms with Gasteiger partial charge < -0.3 is 5.32 Å². The first-order chi connectivity index (χ1) is 11.6. The molecule has 4 nitrogen and oxygen atoms in total. The van der Waals surface area contributed by atoms with Gasteiger partial charge in [0.15, 0.2) is 0 Å². The van der Waals surface area contributed by atoms with E-state index in [1.807, 2.05) is 60.4 Å². The SMILES string of the molecule is Cc1nn(C)c2sc(C(=O)Nc3cccc(C4SCCS4)c3)cc12. The third-order valence-corrected chi connectivity index (χ3v) is 8.26. The Kier molecular flexibility index (Phi) is 4.32. The number of aromatic nitrogens is 2. The van der Waals surface area contributed by atoms with E-state index in [9.17, 15) is 4.79 Å². The lowest BCUT2D eigenvalue weighted by molar-refractivity contribution is 0.103. The molecule has 3 aromatic rings. The number of fused-ring (bicyclic) bond motifs is 1.